The number of hydrogen-bond acceptors (Lipinski definition) is 5. The van der Waals surface area contributed by atoms with Gasteiger partial charge in [0.1, 0.15) is 5.75 Å². The molecule has 23 heavy (non-hydrogen) atoms. The Bertz CT molecular complexity index is 922. The number of phenols is 1. The first-order chi connectivity index (χ1) is 11.2. The molecule has 0 aliphatic carbocycles. The summed E-state index contributed by atoms with van der Waals surface area (Å²) in [6, 6.07) is 15.1. The van der Waals surface area contributed by atoms with Gasteiger partial charge in [0.05, 0.1) is 11.3 Å². The summed E-state index contributed by atoms with van der Waals surface area (Å²) < 4.78 is 2.71. The molecular formula is C16H11BrN4OS. The molecule has 1 aromatic heterocycles. The molecule has 7 heteroatoms. The third kappa shape index (κ3) is 2.66. The molecule has 0 radical (unpaired) electrons. The maximum absolute atomic E-state index is 10.1. The third-order valence-electron chi connectivity index (χ3n) is 3.47. The van der Waals surface area contributed by atoms with Crippen LogP contribution in [0.5, 0.6) is 5.75 Å². The summed E-state index contributed by atoms with van der Waals surface area (Å²) in [6.45, 7) is 0. The van der Waals surface area contributed by atoms with E-state index in [-0.39, 0.29) is 5.75 Å². The summed E-state index contributed by atoms with van der Waals surface area (Å²) in [6.07, 6.45) is 0. The minimum Gasteiger partial charge on any atom is -0.507 e. The van der Waals surface area contributed by atoms with Crippen molar-refractivity contribution in [3.05, 3.63) is 58.6 Å². The van der Waals surface area contributed by atoms with Gasteiger partial charge in [0.15, 0.2) is 5.82 Å². The topological polar surface area (TPSA) is 63.3 Å². The molecule has 0 atom stereocenters. The molecule has 0 unspecified atom stereocenters. The minimum atomic E-state index is 0.164. The second-order valence-electron chi connectivity index (χ2n) is 4.98. The molecule has 0 fully saturated rings. The molecule has 4 rings (SSSR count). The first-order valence-corrected chi connectivity index (χ1v) is 8.70. The zero-order valence-corrected chi connectivity index (χ0v) is 14.3. The number of aromatic nitrogens is 3. The van der Waals surface area contributed by atoms with Gasteiger partial charge >= 0.3 is 0 Å². The highest BCUT2D eigenvalue weighted by Crippen LogP contribution is 2.32. The van der Waals surface area contributed by atoms with Crippen LogP contribution in [0.25, 0.3) is 11.4 Å². The van der Waals surface area contributed by atoms with Gasteiger partial charge in [-0.1, -0.05) is 52.0 Å². The summed E-state index contributed by atoms with van der Waals surface area (Å²) in [5, 5.41) is 23.8. The third-order valence-corrected chi connectivity index (χ3v) is 4.90. The van der Waals surface area contributed by atoms with E-state index in [1.807, 2.05) is 30.3 Å². The van der Waals surface area contributed by atoms with Gasteiger partial charge in [-0.15, -0.1) is 10.2 Å². The highest BCUT2D eigenvalue weighted by molar-refractivity contribution is 9.10. The average molecular weight is 387 g/mol. The number of para-hydroxylation sites is 1. The Morgan fingerprint density at radius 3 is 2.78 bits per heavy atom. The van der Waals surface area contributed by atoms with Gasteiger partial charge in [-0.25, -0.2) is 0 Å². The van der Waals surface area contributed by atoms with Crippen LogP contribution in [0.1, 0.15) is 5.56 Å². The van der Waals surface area contributed by atoms with Gasteiger partial charge in [0.25, 0.3) is 0 Å². The lowest BCUT2D eigenvalue weighted by Gasteiger charge is -2.14. The van der Waals surface area contributed by atoms with Crippen LogP contribution in [0.4, 0.5) is 0 Å². The number of phenolic OH excluding ortho intramolecular Hbond substituents is 1. The Balaban J connectivity index is 1.83. The van der Waals surface area contributed by atoms with E-state index in [4.69, 9.17) is 0 Å². The van der Waals surface area contributed by atoms with E-state index in [0.29, 0.717) is 11.4 Å². The number of hydrogen-bond donors (Lipinski definition) is 1. The summed E-state index contributed by atoms with van der Waals surface area (Å²) >= 11 is 5.07. The van der Waals surface area contributed by atoms with Crippen molar-refractivity contribution in [3.8, 4) is 17.1 Å². The van der Waals surface area contributed by atoms with Crippen LogP contribution in [0.15, 0.2) is 63.3 Å². The summed E-state index contributed by atoms with van der Waals surface area (Å²) in [5.74, 6) is 1.44. The molecule has 0 saturated carbocycles. The van der Waals surface area contributed by atoms with E-state index in [1.54, 1.807) is 34.6 Å². The lowest BCUT2D eigenvalue weighted by Crippen LogP contribution is -2.13. The van der Waals surface area contributed by atoms with Crippen molar-refractivity contribution >= 4 is 33.4 Å². The largest absolute Gasteiger partial charge is 0.507 e. The van der Waals surface area contributed by atoms with Crippen LogP contribution >= 0.6 is 27.7 Å². The number of aromatic hydroxyl groups is 1. The molecule has 0 spiro atoms. The fraction of sp³-hybridized carbons (Fsp3) is 0.0625. The predicted octanol–water partition coefficient (Wildman–Crippen LogP) is 3.77. The highest BCUT2D eigenvalue weighted by atomic mass is 79.9. The first kappa shape index (κ1) is 14.5. The Labute approximate surface area is 145 Å². The maximum Gasteiger partial charge on any atom is 0.212 e. The Morgan fingerprint density at radius 2 is 1.96 bits per heavy atom. The molecule has 0 bridgehead atoms. The quantitative estimate of drug-likeness (QED) is 0.727. The number of fused-ring (bicyclic) bond motifs is 1. The van der Waals surface area contributed by atoms with Crippen molar-refractivity contribution in [2.45, 2.75) is 5.16 Å². The number of benzene rings is 2. The number of rotatable bonds is 2. The Hall–Kier alpha value is -2.12. The molecule has 0 amide bonds. The maximum atomic E-state index is 10.1. The lowest BCUT2D eigenvalue weighted by molar-refractivity contribution is 0.476. The summed E-state index contributed by atoms with van der Waals surface area (Å²) in [4.78, 5) is 0. The van der Waals surface area contributed by atoms with Crippen LogP contribution in [-0.4, -0.2) is 31.4 Å². The van der Waals surface area contributed by atoms with Crippen molar-refractivity contribution in [3.63, 3.8) is 0 Å². The van der Waals surface area contributed by atoms with Crippen LogP contribution in [0, 0.1) is 0 Å². The second-order valence-corrected chi connectivity index (χ2v) is 6.84. The van der Waals surface area contributed by atoms with Crippen molar-refractivity contribution in [1.29, 1.82) is 0 Å². The van der Waals surface area contributed by atoms with Crippen molar-refractivity contribution in [2.75, 3.05) is 5.75 Å². The average Bonchev–Trinajstić information content (AvgIpc) is 2.98. The second kappa shape index (κ2) is 5.82. The smallest absolute Gasteiger partial charge is 0.212 e. The first-order valence-electron chi connectivity index (χ1n) is 6.93. The molecule has 114 valence electrons. The fourth-order valence-corrected chi connectivity index (χ4v) is 3.61. The SMILES string of the molecule is Oc1ccccc1-c1nnc2n1N=C(c1cccc(Br)c1)CS2. The van der Waals surface area contributed by atoms with E-state index < -0.39 is 0 Å². The molecule has 1 aliphatic rings. The molecule has 1 N–H and O–H groups in total. The van der Waals surface area contributed by atoms with Gasteiger partial charge in [-0.3, -0.25) is 0 Å². The standard InChI is InChI=1S/C16H11BrN4OS/c17-11-5-3-4-10(8-11)13-9-23-16-19-18-15(21(16)20-13)12-6-1-2-7-14(12)22/h1-8,22H,9H2. The fourth-order valence-electron chi connectivity index (χ4n) is 2.37. The molecule has 3 aromatic rings. The molecule has 1 aliphatic heterocycles. The van der Waals surface area contributed by atoms with Gasteiger partial charge in [-0.05, 0) is 29.8 Å². The summed E-state index contributed by atoms with van der Waals surface area (Å²) in [7, 11) is 0. The minimum absolute atomic E-state index is 0.164. The highest BCUT2D eigenvalue weighted by Gasteiger charge is 2.22. The number of thioether (sulfide) groups is 1. The Morgan fingerprint density at radius 1 is 1.09 bits per heavy atom. The number of halogens is 1. The molecule has 0 saturated heterocycles. The van der Waals surface area contributed by atoms with Crippen molar-refractivity contribution < 1.29 is 5.11 Å². The van der Waals surface area contributed by atoms with Crippen molar-refractivity contribution in [2.24, 2.45) is 5.10 Å². The van der Waals surface area contributed by atoms with Gasteiger partial charge in [0, 0.05) is 10.2 Å². The van der Waals surface area contributed by atoms with Gasteiger partial charge in [-0.2, -0.15) is 9.78 Å². The molecule has 5 nitrogen and oxygen atoms in total. The summed E-state index contributed by atoms with van der Waals surface area (Å²) in [5.41, 5.74) is 2.61. The predicted molar refractivity (Wildman–Crippen MR) is 93.9 cm³/mol. The lowest BCUT2D eigenvalue weighted by atomic mass is 10.1. The normalized spacial score (nSPS) is 13.5. The van der Waals surface area contributed by atoms with Crippen LogP contribution < -0.4 is 0 Å². The zero-order valence-electron chi connectivity index (χ0n) is 11.8. The molecule has 2 heterocycles. The zero-order chi connectivity index (χ0) is 15.8. The number of nitrogens with zero attached hydrogens (tertiary/aromatic N) is 4. The molecule has 2 aromatic carbocycles. The van der Waals surface area contributed by atoms with Crippen LogP contribution in [0.2, 0.25) is 0 Å². The molecular weight excluding hydrogens is 376 g/mol. The van der Waals surface area contributed by atoms with E-state index in [9.17, 15) is 5.11 Å². The van der Waals surface area contributed by atoms with E-state index >= 15 is 0 Å². The van der Waals surface area contributed by atoms with E-state index in [1.165, 1.54) is 0 Å². The Kier molecular flexibility index (Phi) is 3.66. The van der Waals surface area contributed by atoms with E-state index in [0.717, 1.165) is 26.7 Å². The van der Waals surface area contributed by atoms with Crippen molar-refractivity contribution in [1.82, 2.24) is 14.9 Å². The van der Waals surface area contributed by atoms with E-state index in [2.05, 4.69) is 31.2 Å². The van der Waals surface area contributed by atoms with Crippen LogP contribution in [0.3, 0.4) is 0 Å². The van der Waals surface area contributed by atoms with Crippen LogP contribution in [-0.2, 0) is 0 Å². The van der Waals surface area contributed by atoms with Gasteiger partial charge < -0.3 is 5.11 Å². The monoisotopic (exact) mass is 386 g/mol. The van der Waals surface area contributed by atoms with Gasteiger partial charge in [0.2, 0.25) is 5.16 Å².